The number of fused-ring (bicyclic) bond motifs is 1. The number of amides is 1. The highest BCUT2D eigenvalue weighted by atomic mass is 35.5. The molecule has 4 aromatic rings. The molecule has 0 bridgehead atoms. The van der Waals surface area contributed by atoms with Gasteiger partial charge in [0, 0.05) is 17.6 Å². The van der Waals surface area contributed by atoms with Crippen molar-refractivity contribution in [3.63, 3.8) is 0 Å². The molecule has 2 heterocycles. The number of halogens is 1. The zero-order valence-corrected chi connectivity index (χ0v) is 15.7. The third-order valence-corrected chi connectivity index (χ3v) is 5.56. The molecule has 2 aromatic heterocycles. The number of imidazole rings is 1. The van der Waals surface area contributed by atoms with Crippen molar-refractivity contribution < 1.29 is 4.79 Å². The van der Waals surface area contributed by atoms with Crippen molar-refractivity contribution >= 4 is 45.0 Å². The van der Waals surface area contributed by atoms with Crippen molar-refractivity contribution in [1.82, 2.24) is 14.5 Å². The summed E-state index contributed by atoms with van der Waals surface area (Å²) >= 11 is 7.49. The molecule has 4 rings (SSSR count). The van der Waals surface area contributed by atoms with Crippen molar-refractivity contribution in [2.75, 3.05) is 5.32 Å². The van der Waals surface area contributed by atoms with Crippen LogP contribution in [0.2, 0.25) is 5.02 Å². The summed E-state index contributed by atoms with van der Waals surface area (Å²) in [7, 11) is 1.97. The molecular weight excluding hydrogens is 368 g/mol. The van der Waals surface area contributed by atoms with E-state index in [4.69, 9.17) is 11.6 Å². The number of aromatic nitrogens is 3. The largest absolute Gasteiger partial charge is 0.326 e. The zero-order chi connectivity index (χ0) is 18.3. The van der Waals surface area contributed by atoms with Crippen LogP contribution in [0.3, 0.4) is 0 Å². The molecule has 0 aliphatic rings. The van der Waals surface area contributed by atoms with E-state index in [1.165, 1.54) is 11.3 Å². The number of aryl methyl sites for hydroxylation is 1. The Labute approximate surface area is 159 Å². The topological polar surface area (TPSA) is 59.8 Å². The summed E-state index contributed by atoms with van der Waals surface area (Å²) in [5.74, 6) is 0.596. The van der Waals surface area contributed by atoms with Crippen LogP contribution in [0.25, 0.3) is 21.7 Å². The summed E-state index contributed by atoms with van der Waals surface area (Å²) in [6.45, 7) is 1.82. The van der Waals surface area contributed by atoms with Gasteiger partial charge < -0.3 is 4.57 Å². The fourth-order valence-corrected chi connectivity index (χ4v) is 3.83. The fraction of sp³-hybridized carbons (Fsp3) is 0.105. The summed E-state index contributed by atoms with van der Waals surface area (Å²) in [6, 6.07) is 13.2. The first-order chi connectivity index (χ1) is 12.5. The van der Waals surface area contributed by atoms with Gasteiger partial charge in [-0.1, -0.05) is 41.1 Å². The predicted octanol–water partition coefficient (Wildman–Crippen LogP) is 4.91. The number of benzene rings is 2. The van der Waals surface area contributed by atoms with E-state index in [9.17, 15) is 4.79 Å². The fourth-order valence-electron chi connectivity index (χ4n) is 2.82. The number of para-hydroxylation sites is 2. The highest BCUT2D eigenvalue weighted by molar-refractivity contribution is 7.19. The van der Waals surface area contributed by atoms with Crippen LogP contribution in [0.5, 0.6) is 0 Å². The van der Waals surface area contributed by atoms with Crippen LogP contribution in [-0.4, -0.2) is 20.4 Å². The van der Waals surface area contributed by atoms with Gasteiger partial charge in [0.15, 0.2) is 11.0 Å². The molecule has 7 heteroatoms. The molecule has 0 spiro atoms. The molecule has 5 nitrogen and oxygen atoms in total. The minimum Gasteiger partial charge on any atom is -0.326 e. The SMILES string of the molecule is Cc1c(Cl)cccc1C(=O)Nc1ncc(-c2nc3ccccc3n2C)s1. The van der Waals surface area contributed by atoms with Crippen molar-refractivity contribution in [2.45, 2.75) is 6.92 Å². The van der Waals surface area contributed by atoms with Crippen LogP contribution in [0, 0.1) is 6.92 Å². The Bertz CT molecular complexity index is 1130. The molecule has 2 aromatic carbocycles. The quantitative estimate of drug-likeness (QED) is 0.547. The first-order valence-electron chi connectivity index (χ1n) is 7.98. The predicted molar refractivity (Wildman–Crippen MR) is 106 cm³/mol. The van der Waals surface area contributed by atoms with E-state index < -0.39 is 0 Å². The number of carbonyl (C=O) groups is 1. The van der Waals surface area contributed by atoms with Gasteiger partial charge >= 0.3 is 0 Å². The van der Waals surface area contributed by atoms with E-state index in [0.717, 1.165) is 27.3 Å². The maximum absolute atomic E-state index is 12.5. The van der Waals surface area contributed by atoms with E-state index in [1.54, 1.807) is 24.4 Å². The lowest BCUT2D eigenvalue weighted by atomic mass is 10.1. The monoisotopic (exact) mass is 382 g/mol. The molecule has 0 aliphatic carbocycles. The Hall–Kier alpha value is -2.70. The number of hydrogen-bond acceptors (Lipinski definition) is 4. The molecule has 26 heavy (non-hydrogen) atoms. The Morgan fingerprint density at radius 1 is 1.19 bits per heavy atom. The normalized spacial score (nSPS) is 11.0. The number of thiazole rings is 1. The van der Waals surface area contributed by atoms with Gasteiger partial charge in [-0.05, 0) is 36.8 Å². The summed E-state index contributed by atoms with van der Waals surface area (Å²) in [6.07, 6.45) is 1.73. The number of nitrogens with zero attached hydrogens (tertiary/aromatic N) is 3. The standard InChI is InChI=1S/C19H15ClN4OS/c1-11-12(6-5-7-13(11)20)18(25)23-19-21-10-16(26-19)17-22-14-8-3-4-9-15(14)24(17)2/h3-10H,1-2H3,(H,21,23,25). The molecule has 0 fully saturated rings. The van der Waals surface area contributed by atoms with Crippen LogP contribution >= 0.6 is 22.9 Å². The van der Waals surface area contributed by atoms with Crippen LogP contribution < -0.4 is 5.32 Å². The minimum absolute atomic E-state index is 0.226. The minimum atomic E-state index is -0.226. The van der Waals surface area contributed by atoms with Gasteiger partial charge in [0.2, 0.25) is 0 Å². The van der Waals surface area contributed by atoms with Gasteiger partial charge in [-0.25, -0.2) is 9.97 Å². The molecule has 0 radical (unpaired) electrons. The van der Waals surface area contributed by atoms with Gasteiger partial charge in [-0.3, -0.25) is 10.1 Å². The number of carbonyl (C=O) groups excluding carboxylic acids is 1. The van der Waals surface area contributed by atoms with Gasteiger partial charge in [-0.15, -0.1) is 0 Å². The molecule has 0 saturated carbocycles. The zero-order valence-electron chi connectivity index (χ0n) is 14.2. The Morgan fingerprint density at radius 3 is 2.81 bits per heavy atom. The van der Waals surface area contributed by atoms with E-state index in [1.807, 2.05) is 42.8 Å². The van der Waals surface area contributed by atoms with Gasteiger partial charge in [-0.2, -0.15) is 0 Å². The maximum atomic E-state index is 12.5. The lowest BCUT2D eigenvalue weighted by Crippen LogP contribution is -2.13. The van der Waals surface area contributed by atoms with E-state index in [0.29, 0.717) is 15.7 Å². The summed E-state index contributed by atoms with van der Waals surface area (Å²) in [4.78, 5) is 22.4. The number of hydrogen-bond donors (Lipinski definition) is 1. The second-order valence-electron chi connectivity index (χ2n) is 5.88. The molecule has 0 unspecified atom stereocenters. The molecule has 130 valence electrons. The third-order valence-electron chi connectivity index (χ3n) is 4.25. The average molecular weight is 383 g/mol. The van der Waals surface area contributed by atoms with E-state index >= 15 is 0 Å². The third kappa shape index (κ3) is 2.87. The summed E-state index contributed by atoms with van der Waals surface area (Å²) in [5.41, 5.74) is 3.27. The Balaban J connectivity index is 1.63. The first kappa shape index (κ1) is 16.8. The van der Waals surface area contributed by atoms with Gasteiger partial charge in [0.05, 0.1) is 22.1 Å². The van der Waals surface area contributed by atoms with Gasteiger partial charge in [0.1, 0.15) is 0 Å². The highest BCUT2D eigenvalue weighted by Gasteiger charge is 2.16. The highest BCUT2D eigenvalue weighted by Crippen LogP contribution is 2.31. The van der Waals surface area contributed by atoms with Crippen molar-refractivity contribution in [3.05, 3.63) is 64.8 Å². The van der Waals surface area contributed by atoms with Crippen molar-refractivity contribution in [2.24, 2.45) is 7.05 Å². The Kier molecular flexibility index (Phi) is 4.22. The van der Waals surface area contributed by atoms with Crippen LogP contribution in [0.15, 0.2) is 48.7 Å². The molecule has 0 saturated heterocycles. The van der Waals surface area contributed by atoms with Crippen LogP contribution in [0.1, 0.15) is 15.9 Å². The Morgan fingerprint density at radius 2 is 2.00 bits per heavy atom. The van der Waals surface area contributed by atoms with Gasteiger partial charge in [0.25, 0.3) is 5.91 Å². The van der Waals surface area contributed by atoms with Crippen molar-refractivity contribution in [3.8, 4) is 10.7 Å². The van der Waals surface area contributed by atoms with Crippen LogP contribution in [0.4, 0.5) is 5.13 Å². The lowest BCUT2D eigenvalue weighted by molar-refractivity contribution is 0.102. The molecule has 1 N–H and O–H groups in total. The summed E-state index contributed by atoms with van der Waals surface area (Å²) < 4.78 is 2.02. The molecule has 0 atom stereocenters. The second kappa shape index (κ2) is 6.55. The summed E-state index contributed by atoms with van der Waals surface area (Å²) in [5, 5.41) is 3.93. The first-order valence-corrected chi connectivity index (χ1v) is 9.18. The van der Waals surface area contributed by atoms with Crippen molar-refractivity contribution in [1.29, 1.82) is 0 Å². The number of nitrogens with one attached hydrogen (secondary N) is 1. The maximum Gasteiger partial charge on any atom is 0.257 e. The molecule has 1 amide bonds. The van der Waals surface area contributed by atoms with E-state index in [2.05, 4.69) is 15.3 Å². The van der Waals surface area contributed by atoms with E-state index in [-0.39, 0.29) is 5.91 Å². The number of anilines is 1. The number of rotatable bonds is 3. The smallest absolute Gasteiger partial charge is 0.257 e. The molecular formula is C19H15ClN4OS. The second-order valence-corrected chi connectivity index (χ2v) is 7.32. The lowest BCUT2D eigenvalue weighted by Gasteiger charge is -2.06. The average Bonchev–Trinajstić information content (AvgIpc) is 3.22. The van der Waals surface area contributed by atoms with Crippen LogP contribution in [-0.2, 0) is 7.05 Å². The molecule has 0 aliphatic heterocycles.